The molecule has 3 aromatic rings. The molecule has 0 aromatic carbocycles. The second-order valence-electron chi connectivity index (χ2n) is 4.70. The zero-order chi connectivity index (χ0) is 14.5. The number of pyridine rings is 2. The lowest BCUT2D eigenvalue weighted by molar-refractivity contribution is 1.16. The Labute approximate surface area is 123 Å². The Kier molecular flexibility index (Phi) is 3.78. The maximum absolute atomic E-state index is 4.38. The molecule has 0 spiro atoms. The third kappa shape index (κ3) is 3.36. The van der Waals surface area contributed by atoms with Crippen molar-refractivity contribution in [3.8, 4) is 11.4 Å². The average molecular weight is 274 g/mol. The summed E-state index contributed by atoms with van der Waals surface area (Å²) in [4.78, 5) is 16.7. The molecule has 0 unspecified atom stereocenters. The van der Waals surface area contributed by atoms with Gasteiger partial charge >= 0.3 is 0 Å². The molecule has 4 heteroatoms. The van der Waals surface area contributed by atoms with Gasteiger partial charge in [0.1, 0.15) is 6.33 Å². The average Bonchev–Trinajstić information content (AvgIpc) is 2.54. The van der Waals surface area contributed by atoms with Crippen molar-refractivity contribution in [1.82, 2.24) is 19.9 Å². The first-order valence-corrected chi connectivity index (χ1v) is 6.63. The molecule has 0 bridgehead atoms. The fraction of sp³-hybridized carbons (Fsp3) is 0.0588. The first-order valence-electron chi connectivity index (χ1n) is 6.63. The summed E-state index contributed by atoms with van der Waals surface area (Å²) >= 11 is 0. The van der Waals surface area contributed by atoms with E-state index in [4.69, 9.17) is 0 Å². The number of aromatic nitrogens is 4. The fourth-order valence-electron chi connectivity index (χ4n) is 1.96. The van der Waals surface area contributed by atoms with Gasteiger partial charge < -0.3 is 0 Å². The van der Waals surface area contributed by atoms with Gasteiger partial charge in [-0.25, -0.2) is 9.97 Å². The molecule has 0 N–H and O–H groups in total. The van der Waals surface area contributed by atoms with E-state index in [1.54, 1.807) is 24.8 Å². The molecule has 21 heavy (non-hydrogen) atoms. The van der Waals surface area contributed by atoms with E-state index >= 15 is 0 Å². The van der Waals surface area contributed by atoms with Gasteiger partial charge in [0.25, 0.3) is 0 Å². The smallest absolute Gasteiger partial charge is 0.115 e. The standard InChI is InChI=1S/C17H14N4/c1-13-4-6-20-16(8-13)17-9-14(5-7-21-17)2-3-15-10-18-12-19-11-15/h2-12H,1H3. The molecule has 0 aliphatic rings. The van der Waals surface area contributed by atoms with E-state index in [0.717, 1.165) is 22.5 Å². The van der Waals surface area contributed by atoms with Crippen molar-refractivity contribution in [1.29, 1.82) is 0 Å². The number of nitrogens with zero attached hydrogens (tertiary/aromatic N) is 4. The predicted octanol–water partition coefficient (Wildman–Crippen LogP) is 3.41. The number of rotatable bonds is 3. The Morgan fingerprint density at radius 1 is 0.810 bits per heavy atom. The van der Waals surface area contributed by atoms with Gasteiger partial charge in [-0.05, 0) is 42.3 Å². The van der Waals surface area contributed by atoms with Gasteiger partial charge in [-0.15, -0.1) is 0 Å². The molecule has 0 saturated carbocycles. The Bertz CT molecular complexity index is 767. The summed E-state index contributed by atoms with van der Waals surface area (Å²) in [7, 11) is 0. The van der Waals surface area contributed by atoms with Gasteiger partial charge in [0, 0.05) is 30.4 Å². The molecule has 0 aliphatic heterocycles. The van der Waals surface area contributed by atoms with Crippen LogP contribution in [0.2, 0.25) is 0 Å². The maximum Gasteiger partial charge on any atom is 0.115 e. The molecular weight excluding hydrogens is 260 g/mol. The lowest BCUT2D eigenvalue weighted by atomic mass is 10.1. The molecule has 0 amide bonds. The Balaban J connectivity index is 1.88. The van der Waals surface area contributed by atoms with Crippen molar-refractivity contribution < 1.29 is 0 Å². The van der Waals surface area contributed by atoms with Crippen LogP contribution in [0.5, 0.6) is 0 Å². The highest BCUT2D eigenvalue weighted by molar-refractivity contribution is 5.71. The zero-order valence-electron chi connectivity index (χ0n) is 11.6. The lowest BCUT2D eigenvalue weighted by Crippen LogP contribution is -1.88. The highest BCUT2D eigenvalue weighted by Crippen LogP contribution is 2.17. The molecule has 102 valence electrons. The molecule has 3 aromatic heterocycles. The number of aryl methyl sites for hydroxylation is 1. The van der Waals surface area contributed by atoms with Crippen LogP contribution in [0.1, 0.15) is 16.7 Å². The maximum atomic E-state index is 4.38. The van der Waals surface area contributed by atoms with Gasteiger partial charge in [-0.1, -0.05) is 12.2 Å². The summed E-state index contributed by atoms with van der Waals surface area (Å²) in [6.07, 6.45) is 12.6. The molecule has 4 nitrogen and oxygen atoms in total. The van der Waals surface area contributed by atoms with Crippen LogP contribution in [-0.2, 0) is 0 Å². The Hall–Kier alpha value is -2.88. The second-order valence-corrected chi connectivity index (χ2v) is 4.70. The van der Waals surface area contributed by atoms with E-state index in [9.17, 15) is 0 Å². The summed E-state index contributed by atoms with van der Waals surface area (Å²) in [5, 5.41) is 0. The van der Waals surface area contributed by atoms with Crippen molar-refractivity contribution in [2.75, 3.05) is 0 Å². The van der Waals surface area contributed by atoms with E-state index in [1.807, 2.05) is 43.3 Å². The predicted molar refractivity (Wildman–Crippen MR) is 83.2 cm³/mol. The SMILES string of the molecule is Cc1ccnc(-c2cc(C=Cc3cncnc3)ccn2)c1. The quantitative estimate of drug-likeness (QED) is 0.734. The topological polar surface area (TPSA) is 51.6 Å². The molecular formula is C17H14N4. The van der Waals surface area contributed by atoms with Crippen LogP contribution >= 0.6 is 0 Å². The first kappa shape index (κ1) is 13.1. The molecule has 3 heterocycles. The number of hydrogen-bond donors (Lipinski definition) is 0. The minimum atomic E-state index is 0.866. The van der Waals surface area contributed by atoms with Crippen LogP contribution in [-0.4, -0.2) is 19.9 Å². The summed E-state index contributed by atoms with van der Waals surface area (Å²) in [5.74, 6) is 0. The molecule has 3 rings (SSSR count). The van der Waals surface area contributed by atoms with Crippen LogP contribution in [0.25, 0.3) is 23.5 Å². The minimum absolute atomic E-state index is 0.866. The largest absolute Gasteiger partial charge is 0.255 e. The van der Waals surface area contributed by atoms with E-state index in [-0.39, 0.29) is 0 Å². The van der Waals surface area contributed by atoms with Crippen LogP contribution < -0.4 is 0 Å². The highest BCUT2D eigenvalue weighted by Gasteiger charge is 2.01. The highest BCUT2D eigenvalue weighted by atomic mass is 14.8. The lowest BCUT2D eigenvalue weighted by Gasteiger charge is -2.02. The molecule has 0 saturated heterocycles. The van der Waals surface area contributed by atoms with Gasteiger partial charge in [-0.3, -0.25) is 9.97 Å². The van der Waals surface area contributed by atoms with Crippen molar-refractivity contribution in [3.05, 3.63) is 72.1 Å². The third-order valence-electron chi connectivity index (χ3n) is 3.01. The summed E-state index contributed by atoms with van der Waals surface area (Å²) in [6, 6.07) is 7.98. The molecule has 0 aliphatic carbocycles. The van der Waals surface area contributed by atoms with Crippen molar-refractivity contribution in [2.45, 2.75) is 6.92 Å². The fourth-order valence-corrected chi connectivity index (χ4v) is 1.96. The van der Waals surface area contributed by atoms with Crippen molar-refractivity contribution >= 4 is 12.2 Å². The Morgan fingerprint density at radius 3 is 2.24 bits per heavy atom. The molecule has 0 radical (unpaired) electrons. The molecule has 0 fully saturated rings. The first-order chi connectivity index (χ1) is 10.3. The summed E-state index contributed by atoms with van der Waals surface area (Å²) < 4.78 is 0. The van der Waals surface area contributed by atoms with Gasteiger partial charge in [-0.2, -0.15) is 0 Å². The van der Waals surface area contributed by atoms with Crippen molar-refractivity contribution in [2.24, 2.45) is 0 Å². The van der Waals surface area contributed by atoms with E-state index in [2.05, 4.69) is 19.9 Å². The summed E-state index contributed by atoms with van der Waals surface area (Å²) in [6.45, 7) is 2.05. The van der Waals surface area contributed by atoms with Crippen LogP contribution in [0.4, 0.5) is 0 Å². The normalized spacial score (nSPS) is 10.9. The van der Waals surface area contributed by atoms with E-state index in [1.165, 1.54) is 11.9 Å². The second kappa shape index (κ2) is 6.05. The third-order valence-corrected chi connectivity index (χ3v) is 3.01. The zero-order valence-corrected chi connectivity index (χ0v) is 11.6. The van der Waals surface area contributed by atoms with Crippen LogP contribution in [0.15, 0.2) is 55.4 Å². The monoisotopic (exact) mass is 274 g/mol. The van der Waals surface area contributed by atoms with Crippen LogP contribution in [0, 0.1) is 6.92 Å². The number of hydrogen-bond acceptors (Lipinski definition) is 4. The van der Waals surface area contributed by atoms with Crippen LogP contribution in [0.3, 0.4) is 0 Å². The van der Waals surface area contributed by atoms with Gasteiger partial charge in [0.05, 0.1) is 11.4 Å². The Morgan fingerprint density at radius 2 is 1.48 bits per heavy atom. The van der Waals surface area contributed by atoms with Crippen molar-refractivity contribution in [3.63, 3.8) is 0 Å². The van der Waals surface area contributed by atoms with Gasteiger partial charge in [0.2, 0.25) is 0 Å². The molecule has 0 atom stereocenters. The van der Waals surface area contributed by atoms with E-state index < -0.39 is 0 Å². The van der Waals surface area contributed by atoms with Gasteiger partial charge in [0.15, 0.2) is 0 Å². The minimum Gasteiger partial charge on any atom is -0.255 e. The van der Waals surface area contributed by atoms with E-state index in [0.29, 0.717) is 0 Å². The summed E-state index contributed by atoms with van der Waals surface area (Å²) in [5.41, 5.74) is 4.94.